The molecule has 1 aliphatic rings. The van der Waals surface area contributed by atoms with Crippen molar-refractivity contribution in [3.63, 3.8) is 0 Å². The van der Waals surface area contributed by atoms with Gasteiger partial charge in [0.1, 0.15) is 11.5 Å². The van der Waals surface area contributed by atoms with Crippen molar-refractivity contribution in [2.75, 3.05) is 25.4 Å². The number of carbonyl (C=O) groups is 1. The van der Waals surface area contributed by atoms with Crippen molar-refractivity contribution in [3.05, 3.63) is 22.8 Å². The van der Waals surface area contributed by atoms with E-state index in [1.807, 2.05) is 0 Å². The number of pyridine rings is 1. The van der Waals surface area contributed by atoms with Gasteiger partial charge in [-0.15, -0.1) is 0 Å². The van der Waals surface area contributed by atoms with Gasteiger partial charge in [-0.1, -0.05) is 11.6 Å². The average Bonchev–Trinajstić information content (AvgIpc) is 2.80. The second kappa shape index (κ2) is 5.54. The van der Waals surface area contributed by atoms with Gasteiger partial charge >= 0.3 is 0 Å². The Labute approximate surface area is 111 Å². The first-order valence-corrected chi connectivity index (χ1v) is 6.31. The van der Waals surface area contributed by atoms with E-state index in [0.29, 0.717) is 24.0 Å². The lowest BCUT2D eigenvalue weighted by molar-refractivity contribution is 0.0779. The zero-order chi connectivity index (χ0) is 13.1. The van der Waals surface area contributed by atoms with E-state index in [4.69, 9.17) is 22.4 Å². The number of hydrogen-bond acceptors (Lipinski definition) is 4. The third-order valence-corrected chi connectivity index (χ3v) is 3.49. The molecule has 1 aromatic rings. The summed E-state index contributed by atoms with van der Waals surface area (Å²) >= 11 is 5.96. The molecule has 0 aliphatic carbocycles. The first kappa shape index (κ1) is 13.1. The standard InChI is InChI=1S/C12H16ClN3O2/c13-9-1-2-10(14)15-11(9)12(18)16-5-3-8(7-16)4-6-17/h1-2,8,17H,3-7H2,(H2,14,15). The fourth-order valence-corrected chi connectivity index (χ4v) is 2.38. The van der Waals surface area contributed by atoms with Crippen LogP contribution in [0.15, 0.2) is 12.1 Å². The molecule has 2 rings (SSSR count). The highest BCUT2D eigenvalue weighted by molar-refractivity contribution is 6.33. The Morgan fingerprint density at radius 2 is 2.39 bits per heavy atom. The van der Waals surface area contributed by atoms with Crippen molar-refractivity contribution >= 4 is 23.3 Å². The summed E-state index contributed by atoms with van der Waals surface area (Å²) in [5.41, 5.74) is 5.77. The van der Waals surface area contributed by atoms with Crippen LogP contribution < -0.4 is 5.73 Å². The van der Waals surface area contributed by atoms with Gasteiger partial charge in [0.05, 0.1) is 5.02 Å². The number of amides is 1. The lowest BCUT2D eigenvalue weighted by Gasteiger charge is -2.16. The Hall–Kier alpha value is -1.33. The molecule has 0 spiro atoms. The van der Waals surface area contributed by atoms with Crippen molar-refractivity contribution in [1.82, 2.24) is 9.88 Å². The quantitative estimate of drug-likeness (QED) is 0.863. The molecule has 1 amide bonds. The molecule has 0 radical (unpaired) electrons. The summed E-state index contributed by atoms with van der Waals surface area (Å²) in [6, 6.07) is 3.15. The molecule has 1 atom stereocenters. The number of halogens is 1. The van der Waals surface area contributed by atoms with Crippen molar-refractivity contribution < 1.29 is 9.90 Å². The number of aliphatic hydroxyl groups is 1. The molecular formula is C12H16ClN3O2. The number of hydrogen-bond donors (Lipinski definition) is 2. The van der Waals surface area contributed by atoms with Gasteiger partial charge in [-0.2, -0.15) is 0 Å². The van der Waals surface area contributed by atoms with Gasteiger partial charge < -0.3 is 15.7 Å². The molecule has 6 heteroatoms. The Morgan fingerprint density at radius 1 is 1.61 bits per heavy atom. The first-order chi connectivity index (χ1) is 8.61. The SMILES string of the molecule is Nc1ccc(Cl)c(C(=O)N2CCC(CCO)C2)n1. The molecule has 1 saturated heterocycles. The molecule has 0 saturated carbocycles. The van der Waals surface area contributed by atoms with Crippen molar-refractivity contribution in [2.45, 2.75) is 12.8 Å². The summed E-state index contributed by atoms with van der Waals surface area (Å²) in [5.74, 6) is 0.459. The summed E-state index contributed by atoms with van der Waals surface area (Å²) in [5, 5.41) is 9.21. The second-order valence-corrected chi connectivity index (χ2v) is 4.89. The minimum Gasteiger partial charge on any atom is -0.396 e. The zero-order valence-corrected chi connectivity index (χ0v) is 10.7. The third-order valence-electron chi connectivity index (χ3n) is 3.18. The normalized spacial score (nSPS) is 19.2. The van der Waals surface area contributed by atoms with Crippen LogP contribution in [-0.2, 0) is 0 Å². The van der Waals surface area contributed by atoms with E-state index >= 15 is 0 Å². The van der Waals surface area contributed by atoms with E-state index in [1.54, 1.807) is 17.0 Å². The van der Waals surface area contributed by atoms with Gasteiger partial charge in [0.2, 0.25) is 0 Å². The summed E-state index contributed by atoms with van der Waals surface area (Å²) < 4.78 is 0. The van der Waals surface area contributed by atoms with Crippen molar-refractivity contribution in [2.24, 2.45) is 5.92 Å². The summed E-state index contributed by atoms with van der Waals surface area (Å²) in [7, 11) is 0. The fourth-order valence-electron chi connectivity index (χ4n) is 2.19. The van der Waals surface area contributed by atoms with Crippen LogP contribution in [0.2, 0.25) is 5.02 Å². The molecule has 0 aromatic carbocycles. The van der Waals surface area contributed by atoms with Crippen LogP contribution in [0.1, 0.15) is 23.3 Å². The Morgan fingerprint density at radius 3 is 3.11 bits per heavy atom. The summed E-state index contributed by atoms with van der Waals surface area (Å²) in [6.45, 7) is 1.48. The molecule has 3 N–H and O–H groups in total. The zero-order valence-electron chi connectivity index (χ0n) is 9.97. The van der Waals surface area contributed by atoms with Crippen LogP contribution in [0.5, 0.6) is 0 Å². The van der Waals surface area contributed by atoms with Gasteiger partial charge in [0.15, 0.2) is 0 Å². The summed E-state index contributed by atoms with van der Waals surface area (Å²) in [6.07, 6.45) is 1.63. The van der Waals surface area contributed by atoms with Gasteiger partial charge in [0, 0.05) is 19.7 Å². The summed E-state index contributed by atoms with van der Waals surface area (Å²) in [4.78, 5) is 17.9. The van der Waals surface area contributed by atoms with Crippen LogP contribution in [0.4, 0.5) is 5.82 Å². The minimum atomic E-state index is -0.187. The van der Waals surface area contributed by atoms with E-state index < -0.39 is 0 Å². The highest BCUT2D eigenvalue weighted by atomic mass is 35.5. The number of aromatic nitrogens is 1. The van der Waals surface area contributed by atoms with Gasteiger partial charge in [-0.25, -0.2) is 4.98 Å². The largest absolute Gasteiger partial charge is 0.396 e. The van der Waals surface area contributed by atoms with E-state index in [0.717, 1.165) is 12.8 Å². The number of nitrogens with two attached hydrogens (primary N) is 1. The molecule has 18 heavy (non-hydrogen) atoms. The molecule has 1 aromatic heterocycles. The second-order valence-electron chi connectivity index (χ2n) is 4.48. The molecular weight excluding hydrogens is 254 g/mol. The third kappa shape index (κ3) is 2.73. The Kier molecular flexibility index (Phi) is 4.04. The maximum atomic E-state index is 12.2. The smallest absolute Gasteiger partial charge is 0.274 e. The fraction of sp³-hybridized carbons (Fsp3) is 0.500. The number of nitrogens with zero attached hydrogens (tertiary/aromatic N) is 2. The highest BCUT2D eigenvalue weighted by Gasteiger charge is 2.28. The number of likely N-dealkylation sites (tertiary alicyclic amines) is 1. The van der Waals surface area contributed by atoms with Crippen LogP contribution in [0.25, 0.3) is 0 Å². The predicted octanol–water partition coefficient (Wildman–Crippen LogP) is 1.16. The predicted molar refractivity (Wildman–Crippen MR) is 69.4 cm³/mol. The van der Waals surface area contributed by atoms with Crippen LogP contribution in [0, 0.1) is 5.92 Å². The number of nitrogen functional groups attached to an aromatic ring is 1. The first-order valence-electron chi connectivity index (χ1n) is 5.94. The monoisotopic (exact) mass is 269 g/mol. The van der Waals surface area contributed by atoms with E-state index in [1.165, 1.54) is 0 Å². The van der Waals surface area contributed by atoms with Crippen LogP contribution in [-0.4, -0.2) is 40.6 Å². The molecule has 0 bridgehead atoms. The van der Waals surface area contributed by atoms with E-state index in [9.17, 15) is 4.79 Å². The molecule has 1 aliphatic heterocycles. The van der Waals surface area contributed by atoms with E-state index in [2.05, 4.69) is 4.98 Å². The van der Waals surface area contributed by atoms with Crippen LogP contribution in [0.3, 0.4) is 0 Å². The highest BCUT2D eigenvalue weighted by Crippen LogP contribution is 2.23. The Bertz CT molecular complexity index is 453. The number of carbonyl (C=O) groups excluding carboxylic acids is 1. The topological polar surface area (TPSA) is 79.5 Å². The van der Waals surface area contributed by atoms with Crippen molar-refractivity contribution in [1.29, 1.82) is 0 Å². The minimum absolute atomic E-state index is 0.157. The average molecular weight is 270 g/mol. The van der Waals surface area contributed by atoms with Gasteiger partial charge in [-0.3, -0.25) is 4.79 Å². The lowest BCUT2D eigenvalue weighted by Crippen LogP contribution is -2.30. The molecule has 98 valence electrons. The number of anilines is 1. The maximum absolute atomic E-state index is 12.2. The molecule has 5 nitrogen and oxygen atoms in total. The lowest BCUT2D eigenvalue weighted by atomic mass is 10.1. The number of rotatable bonds is 3. The van der Waals surface area contributed by atoms with Crippen molar-refractivity contribution in [3.8, 4) is 0 Å². The molecule has 1 fully saturated rings. The van der Waals surface area contributed by atoms with E-state index in [-0.39, 0.29) is 24.0 Å². The van der Waals surface area contributed by atoms with Gasteiger partial charge in [-0.05, 0) is 30.9 Å². The Balaban J connectivity index is 2.10. The number of aliphatic hydroxyl groups excluding tert-OH is 1. The van der Waals surface area contributed by atoms with Crippen LogP contribution >= 0.6 is 11.6 Å². The van der Waals surface area contributed by atoms with Gasteiger partial charge in [0.25, 0.3) is 5.91 Å². The molecule has 1 unspecified atom stereocenters. The maximum Gasteiger partial charge on any atom is 0.274 e. The molecule has 2 heterocycles.